The number of halogens is 1. The van der Waals surface area contributed by atoms with E-state index in [0.29, 0.717) is 22.5 Å². The van der Waals surface area contributed by atoms with Crippen LogP contribution in [0.25, 0.3) is 0 Å². The van der Waals surface area contributed by atoms with E-state index in [1.165, 1.54) is 6.20 Å². The van der Waals surface area contributed by atoms with E-state index < -0.39 is 0 Å². The summed E-state index contributed by atoms with van der Waals surface area (Å²) in [6, 6.07) is 17.8. The molecule has 3 rings (SSSR count). The molecule has 0 atom stereocenters. The van der Waals surface area contributed by atoms with Crippen LogP contribution in [-0.4, -0.2) is 16.8 Å². The van der Waals surface area contributed by atoms with Gasteiger partial charge in [-0.15, -0.1) is 0 Å². The van der Waals surface area contributed by atoms with Gasteiger partial charge in [0.1, 0.15) is 0 Å². The average Bonchev–Trinajstić information content (AvgIpc) is 2.64. The summed E-state index contributed by atoms with van der Waals surface area (Å²) in [5.41, 5.74) is 1.96. The van der Waals surface area contributed by atoms with Gasteiger partial charge in [-0.1, -0.05) is 18.2 Å². The van der Waals surface area contributed by atoms with Crippen molar-refractivity contribution in [3.05, 3.63) is 87.8 Å². The molecule has 0 unspecified atom stereocenters. The zero-order valence-electron chi connectivity index (χ0n) is 13.1. The van der Waals surface area contributed by atoms with Gasteiger partial charge in [-0.3, -0.25) is 14.6 Å². The molecule has 0 aliphatic heterocycles. The van der Waals surface area contributed by atoms with Crippen molar-refractivity contribution in [1.29, 1.82) is 0 Å². The Labute approximate surface area is 158 Å². The van der Waals surface area contributed by atoms with Crippen LogP contribution in [0, 0.1) is 3.57 Å². The summed E-state index contributed by atoms with van der Waals surface area (Å²) in [4.78, 5) is 28.9. The first-order chi connectivity index (χ1) is 12.1. The second-order valence-corrected chi connectivity index (χ2v) is 6.45. The number of amides is 2. The lowest BCUT2D eigenvalue weighted by molar-refractivity contribution is 0.102. The van der Waals surface area contributed by atoms with Gasteiger partial charge in [-0.2, -0.15) is 0 Å². The summed E-state index contributed by atoms with van der Waals surface area (Å²) in [7, 11) is 0. The highest BCUT2D eigenvalue weighted by Crippen LogP contribution is 2.21. The van der Waals surface area contributed by atoms with Crippen molar-refractivity contribution < 1.29 is 9.59 Å². The number of carbonyl (C=O) groups excluding carboxylic acids is 2. The number of nitrogens with zero attached hydrogens (tertiary/aromatic N) is 1. The highest BCUT2D eigenvalue weighted by atomic mass is 127. The van der Waals surface area contributed by atoms with E-state index in [-0.39, 0.29) is 11.8 Å². The van der Waals surface area contributed by atoms with E-state index >= 15 is 0 Å². The van der Waals surface area contributed by atoms with E-state index in [1.807, 2.05) is 24.3 Å². The number of rotatable bonds is 4. The summed E-state index contributed by atoms with van der Waals surface area (Å²) in [5, 5.41) is 5.61. The number of hydrogen-bond donors (Lipinski definition) is 2. The van der Waals surface area contributed by atoms with Crippen LogP contribution in [0.2, 0.25) is 0 Å². The zero-order chi connectivity index (χ0) is 17.6. The summed E-state index contributed by atoms with van der Waals surface area (Å²) < 4.78 is 0.898. The lowest BCUT2D eigenvalue weighted by Crippen LogP contribution is -2.18. The van der Waals surface area contributed by atoms with Crippen LogP contribution >= 0.6 is 22.6 Å². The quantitative estimate of drug-likeness (QED) is 0.595. The van der Waals surface area contributed by atoms with Crippen LogP contribution < -0.4 is 10.6 Å². The van der Waals surface area contributed by atoms with Gasteiger partial charge in [0.25, 0.3) is 11.8 Å². The Bertz CT molecular complexity index is 899. The molecule has 0 fully saturated rings. The Morgan fingerprint density at radius 2 is 1.68 bits per heavy atom. The molecular weight excluding hydrogens is 429 g/mol. The molecule has 3 aromatic rings. The molecule has 2 amide bonds. The van der Waals surface area contributed by atoms with Crippen LogP contribution in [-0.2, 0) is 0 Å². The normalized spacial score (nSPS) is 10.1. The summed E-state index contributed by atoms with van der Waals surface area (Å²) in [5.74, 6) is -0.603. The second-order valence-electron chi connectivity index (χ2n) is 5.21. The number of nitrogens with one attached hydrogen (secondary N) is 2. The first-order valence-electron chi connectivity index (χ1n) is 7.51. The number of aromatic nitrogens is 1. The van der Waals surface area contributed by atoms with Crippen molar-refractivity contribution in [3.8, 4) is 0 Å². The molecule has 0 radical (unpaired) electrons. The molecule has 25 heavy (non-hydrogen) atoms. The molecule has 0 bridgehead atoms. The van der Waals surface area contributed by atoms with Gasteiger partial charge < -0.3 is 10.6 Å². The van der Waals surface area contributed by atoms with Crippen LogP contribution in [0.4, 0.5) is 11.4 Å². The highest BCUT2D eigenvalue weighted by Gasteiger charge is 2.15. The molecule has 0 saturated carbocycles. The van der Waals surface area contributed by atoms with Crippen LogP contribution in [0.3, 0.4) is 0 Å². The molecular formula is C19H14IN3O2. The van der Waals surface area contributed by atoms with Gasteiger partial charge in [0.2, 0.25) is 0 Å². The van der Waals surface area contributed by atoms with E-state index in [1.54, 1.807) is 42.6 Å². The Morgan fingerprint density at radius 1 is 0.880 bits per heavy atom. The molecule has 6 heteroatoms. The molecule has 1 heterocycles. The van der Waals surface area contributed by atoms with Crippen molar-refractivity contribution in [1.82, 2.24) is 4.98 Å². The molecule has 0 spiro atoms. The van der Waals surface area contributed by atoms with Gasteiger partial charge in [0.15, 0.2) is 0 Å². The van der Waals surface area contributed by atoms with Crippen molar-refractivity contribution in [2.45, 2.75) is 0 Å². The third kappa shape index (κ3) is 4.42. The topological polar surface area (TPSA) is 71.1 Å². The van der Waals surface area contributed by atoms with E-state index in [0.717, 1.165) is 3.57 Å². The van der Waals surface area contributed by atoms with Crippen molar-refractivity contribution in [2.24, 2.45) is 0 Å². The molecule has 124 valence electrons. The number of anilines is 2. The van der Waals surface area contributed by atoms with Gasteiger partial charge in [-0.25, -0.2) is 0 Å². The van der Waals surface area contributed by atoms with E-state index in [4.69, 9.17) is 0 Å². The fourth-order valence-electron chi connectivity index (χ4n) is 2.22. The van der Waals surface area contributed by atoms with E-state index in [2.05, 4.69) is 38.2 Å². The van der Waals surface area contributed by atoms with Gasteiger partial charge in [-0.05, 0) is 65.1 Å². The molecule has 2 aromatic carbocycles. The minimum atomic E-state index is -0.317. The van der Waals surface area contributed by atoms with Crippen molar-refractivity contribution in [2.75, 3.05) is 10.6 Å². The van der Waals surface area contributed by atoms with Gasteiger partial charge >= 0.3 is 0 Å². The maximum absolute atomic E-state index is 12.6. The summed E-state index contributed by atoms with van der Waals surface area (Å²) >= 11 is 2.13. The number of pyridine rings is 1. The molecule has 0 aliphatic carbocycles. The Hall–Kier alpha value is -2.74. The minimum absolute atomic E-state index is 0.286. The fraction of sp³-hybridized carbons (Fsp3) is 0. The lowest BCUT2D eigenvalue weighted by Gasteiger charge is -2.12. The maximum atomic E-state index is 12.6. The monoisotopic (exact) mass is 443 g/mol. The number of para-hydroxylation sites is 1. The number of benzene rings is 2. The highest BCUT2D eigenvalue weighted by molar-refractivity contribution is 14.1. The van der Waals surface area contributed by atoms with Crippen molar-refractivity contribution in [3.63, 3.8) is 0 Å². The molecule has 2 N–H and O–H groups in total. The average molecular weight is 443 g/mol. The number of hydrogen-bond acceptors (Lipinski definition) is 3. The lowest BCUT2D eigenvalue weighted by atomic mass is 10.1. The van der Waals surface area contributed by atoms with Gasteiger partial charge in [0.05, 0.1) is 16.8 Å². The van der Waals surface area contributed by atoms with Crippen LogP contribution in [0.5, 0.6) is 0 Å². The largest absolute Gasteiger partial charge is 0.322 e. The standard InChI is InChI=1S/C19H14IN3O2/c20-14-8-9-17(23-18(24)13-5-4-10-21-12-13)16(11-14)19(25)22-15-6-2-1-3-7-15/h1-12H,(H,22,25)(H,23,24). The predicted molar refractivity (Wildman–Crippen MR) is 106 cm³/mol. The minimum Gasteiger partial charge on any atom is -0.322 e. The molecule has 0 saturated heterocycles. The Morgan fingerprint density at radius 3 is 2.40 bits per heavy atom. The van der Waals surface area contributed by atoms with Gasteiger partial charge in [0, 0.05) is 21.7 Å². The smallest absolute Gasteiger partial charge is 0.257 e. The van der Waals surface area contributed by atoms with Crippen LogP contribution in [0.15, 0.2) is 73.1 Å². The summed E-state index contributed by atoms with van der Waals surface area (Å²) in [6.07, 6.45) is 3.08. The van der Waals surface area contributed by atoms with Crippen molar-refractivity contribution >= 4 is 45.8 Å². The first-order valence-corrected chi connectivity index (χ1v) is 8.59. The van der Waals surface area contributed by atoms with E-state index in [9.17, 15) is 9.59 Å². The third-order valence-electron chi connectivity index (χ3n) is 3.43. The van der Waals surface area contributed by atoms with Crippen LogP contribution in [0.1, 0.15) is 20.7 Å². The summed E-state index contributed by atoms with van der Waals surface area (Å²) in [6.45, 7) is 0. The zero-order valence-corrected chi connectivity index (χ0v) is 15.2. The predicted octanol–water partition coefficient (Wildman–Crippen LogP) is 4.19. The maximum Gasteiger partial charge on any atom is 0.257 e. The second kappa shape index (κ2) is 7.89. The Balaban J connectivity index is 1.85. The molecule has 0 aliphatic rings. The third-order valence-corrected chi connectivity index (χ3v) is 4.10. The number of carbonyl (C=O) groups is 2. The Kier molecular flexibility index (Phi) is 5.39. The fourth-order valence-corrected chi connectivity index (χ4v) is 2.72. The molecule has 1 aromatic heterocycles. The first kappa shape index (κ1) is 17.1. The SMILES string of the molecule is O=C(Nc1ccc(I)cc1C(=O)Nc1ccccc1)c1cccnc1. The molecule has 5 nitrogen and oxygen atoms in total.